The van der Waals surface area contributed by atoms with Crippen molar-refractivity contribution in [3.8, 4) is 10.9 Å². The third-order valence-corrected chi connectivity index (χ3v) is 2.78. The molecule has 0 radical (unpaired) electrons. The molecule has 0 saturated heterocycles. The Balaban J connectivity index is 2.14. The molecule has 0 bridgehead atoms. The number of rotatable bonds is 3. The minimum Gasteiger partial charge on any atom is -0.430 e. The van der Waals surface area contributed by atoms with Crippen LogP contribution in [0.3, 0.4) is 0 Å². The normalized spacial score (nSPS) is 10.3. The molecule has 2 aromatic rings. The minimum atomic E-state index is -0.352. The van der Waals surface area contributed by atoms with Crippen LogP contribution >= 0.6 is 22.9 Å². The molecule has 0 atom stereocenters. The number of hydrogen-bond acceptors (Lipinski definition) is 4. The number of hydrogen-bond donors (Lipinski definition) is 0. The van der Waals surface area contributed by atoms with Gasteiger partial charge in [0.25, 0.3) is 5.19 Å². The van der Waals surface area contributed by atoms with E-state index in [0.717, 1.165) is 0 Å². The lowest BCUT2D eigenvalue weighted by Gasteiger charge is -1.99. The molecule has 0 unspecified atom stereocenters. The van der Waals surface area contributed by atoms with E-state index in [2.05, 4.69) is 10.2 Å². The number of benzene rings is 1. The molecule has 1 heterocycles. The van der Waals surface area contributed by atoms with Crippen LogP contribution in [-0.2, 0) is 5.88 Å². The molecular weight excluding hydrogens is 239 g/mol. The molecular formula is C9H6ClFN2OS. The number of halogens is 2. The molecule has 0 aliphatic carbocycles. The first kappa shape index (κ1) is 10.3. The van der Waals surface area contributed by atoms with E-state index in [1.807, 2.05) is 0 Å². The molecule has 0 amide bonds. The highest BCUT2D eigenvalue weighted by Gasteiger charge is 2.05. The fourth-order valence-corrected chi connectivity index (χ4v) is 1.74. The molecule has 0 spiro atoms. The minimum absolute atomic E-state index is 0.296. The first-order chi connectivity index (χ1) is 7.28. The van der Waals surface area contributed by atoms with Gasteiger partial charge in [-0.2, -0.15) is 0 Å². The summed E-state index contributed by atoms with van der Waals surface area (Å²) in [5.74, 6) is 0.339. The zero-order chi connectivity index (χ0) is 10.7. The largest absolute Gasteiger partial charge is 0.430 e. The Hall–Kier alpha value is -1.20. The van der Waals surface area contributed by atoms with Gasteiger partial charge in [-0.3, -0.25) is 0 Å². The van der Waals surface area contributed by atoms with E-state index < -0.39 is 0 Å². The van der Waals surface area contributed by atoms with Gasteiger partial charge < -0.3 is 4.74 Å². The first-order valence-electron chi connectivity index (χ1n) is 4.09. The molecule has 1 aromatic carbocycles. The van der Waals surface area contributed by atoms with E-state index in [1.165, 1.54) is 23.5 Å². The second kappa shape index (κ2) is 4.55. The van der Waals surface area contributed by atoms with Crippen molar-refractivity contribution in [3.05, 3.63) is 35.1 Å². The highest BCUT2D eigenvalue weighted by atomic mass is 35.5. The highest BCUT2D eigenvalue weighted by Crippen LogP contribution is 2.25. The van der Waals surface area contributed by atoms with Crippen LogP contribution < -0.4 is 4.74 Å². The van der Waals surface area contributed by atoms with Crippen molar-refractivity contribution in [2.24, 2.45) is 0 Å². The maximum absolute atomic E-state index is 12.8. The van der Waals surface area contributed by atoms with Gasteiger partial charge in [0.05, 0.1) is 5.88 Å². The molecule has 78 valence electrons. The Labute approximate surface area is 94.5 Å². The van der Waals surface area contributed by atoms with Crippen molar-refractivity contribution < 1.29 is 9.13 Å². The zero-order valence-corrected chi connectivity index (χ0v) is 9.06. The molecule has 0 fully saturated rings. The zero-order valence-electron chi connectivity index (χ0n) is 7.48. The van der Waals surface area contributed by atoms with E-state index in [0.29, 0.717) is 21.8 Å². The summed E-state index contributed by atoms with van der Waals surface area (Å²) in [7, 11) is 0. The fourth-order valence-electron chi connectivity index (χ4n) is 0.965. The maximum Gasteiger partial charge on any atom is 0.299 e. The quantitative estimate of drug-likeness (QED) is 0.778. The van der Waals surface area contributed by atoms with Crippen molar-refractivity contribution >= 4 is 22.9 Å². The topological polar surface area (TPSA) is 35.0 Å². The monoisotopic (exact) mass is 244 g/mol. The van der Waals surface area contributed by atoms with Crippen LogP contribution in [0.1, 0.15) is 5.01 Å². The molecule has 0 aliphatic rings. The van der Waals surface area contributed by atoms with E-state index in [4.69, 9.17) is 16.3 Å². The average molecular weight is 245 g/mol. The van der Waals surface area contributed by atoms with E-state index >= 15 is 0 Å². The lowest BCUT2D eigenvalue weighted by atomic mass is 10.3. The van der Waals surface area contributed by atoms with Crippen LogP contribution in [0.4, 0.5) is 4.39 Å². The summed E-state index contributed by atoms with van der Waals surface area (Å²) in [6.07, 6.45) is 0. The molecule has 1 aromatic heterocycles. The number of ether oxygens (including phenoxy) is 1. The third kappa shape index (κ3) is 2.64. The summed E-state index contributed by atoms with van der Waals surface area (Å²) >= 11 is 6.80. The van der Waals surface area contributed by atoms with Crippen molar-refractivity contribution in [2.45, 2.75) is 5.88 Å². The molecule has 2 rings (SSSR count). The Bertz CT molecular complexity index is 463. The van der Waals surface area contributed by atoms with Gasteiger partial charge in [0.2, 0.25) is 0 Å². The molecule has 15 heavy (non-hydrogen) atoms. The molecule has 0 saturated carbocycles. The molecule has 0 N–H and O–H groups in total. The highest BCUT2D eigenvalue weighted by molar-refractivity contribution is 7.13. The summed E-state index contributed by atoms with van der Waals surface area (Å²) in [6.45, 7) is 0. The molecule has 6 heteroatoms. The fraction of sp³-hybridized carbons (Fsp3) is 0.111. The van der Waals surface area contributed by atoms with E-state index in [9.17, 15) is 4.39 Å². The van der Waals surface area contributed by atoms with Crippen molar-refractivity contribution in [1.29, 1.82) is 0 Å². The predicted octanol–water partition coefficient (Wildman–Crippen LogP) is 3.21. The predicted molar refractivity (Wildman–Crippen MR) is 55.9 cm³/mol. The number of alkyl halides is 1. The van der Waals surface area contributed by atoms with E-state index in [1.54, 1.807) is 12.1 Å². The van der Waals surface area contributed by atoms with Crippen LogP contribution in [0, 0.1) is 5.82 Å². The van der Waals surface area contributed by atoms with E-state index in [-0.39, 0.29) is 5.82 Å². The van der Waals surface area contributed by atoms with Crippen molar-refractivity contribution in [1.82, 2.24) is 10.2 Å². The van der Waals surface area contributed by atoms with Crippen LogP contribution in [0.5, 0.6) is 10.9 Å². The van der Waals surface area contributed by atoms with Crippen molar-refractivity contribution in [2.75, 3.05) is 0 Å². The lowest BCUT2D eigenvalue weighted by molar-refractivity contribution is 0.468. The summed E-state index contributed by atoms with van der Waals surface area (Å²) in [6, 6.07) is 5.83. The second-order valence-corrected chi connectivity index (χ2v) is 3.95. The molecule has 0 aliphatic heterocycles. The van der Waals surface area contributed by atoms with Crippen LogP contribution in [0.2, 0.25) is 0 Å². The number of aromatic nitrogens is 2. The Morgan fingerprint density at radius 3 is 2.93 bits per heavy atom. The lowest BCUT2D eigenvalue weighted by Crippen LogP contribution is -1.84. The third-order valence-electron chi connectivity index (χ3n) is 1.56. The second-order valence-electron chi connectivity index (χ2n) is 2.65. The smallest absolute Gasteiger partial charge is 0.299 e. The molecule has 3 nitrogen and oxygen atoms in total. The van der Waals surface area contributed by atoms with Gasteiger partial charge in [-0.05, 0) is 12.1 Å². The summed E-state index contributed by atoms with van der Waals surface area (Å²) in [5.41, 5.74) is 0. The SMILES string of the molecule is Fc1cccc(Oc2nnc(CCl)s2)c1. The van der Waals surface area contributed by atoms with Gasteiger partial charge in [-0.15, -0.1) is 16.7 Å². The van der Waals surface area contributed by atoms with Crippen LogP contribution in [0.15, 0.2) is 24.3 Å². The Kier molecular flexibility index (Phi) is 3.13. The van der Waals surface area contributed by atoms with Crippen LogP contribution in [-0.4, -0.2) is 10.2 Å². The van der Waals surface area contributed by atoms with Gasteiger partial charge in [0.15, 0.2) is 0 Å². The summed E-state index contributed by atoms with van der Waals surface area (Å²) < 4.78 is 18.1. The summed E-state index contributed by atoms with van der Waals surface area (Å²) in [5, 5.41) is 8.55. The Morgan fingerprint density at radius 2 is 2.27 bits per heavy atom. The first-order valence-corrected chi connectivity index (χ1v) is 5.45. The van der Waals surface area contributed by atoms with Crippen molar-refractivity contribution in [3.63, 3.8) is 0 Å². The van der Waals surface area contributed by atoms with Gasteiger partial charge in [-0.25, -0.2) is 4.39 Å². The average Bonchev–Trinajstić information content (AvgIpc) is 2.65. The van der Waals surface area contributed by atoms with Crippen LogP contribution in [0.25, 0.3) is 0 Å². The van der Waals surface area contributed by atoms with Gasteiger partial charge >= 0.3 is 0 Å². The standard InChI is InChI=1S/C9H6ClFN2OS/c10-5-8-12-13-9(15-8)14-7-3-1-2-6(11)4-7/h1-4H,5H2. The van der Waals surface area contributed by atoms with Gasteiger partial charge in [0.1, 0.15) is 16.6 Å². The summed E-state index contributed by atoms with van der Waals surface area (Å²) in [4.78, 5) is 0. The maximum atomic E-state index is 12.8. The number of nitrogens with zero attached hydrogens (tertiary/aromatic N) is 2. The van der Waals surface area contributed by atoms with Gasteiger partial charge in [-0.1, -0.05) is 22.5 Å². The van der Waals surface area contributed by atoms with Gasteiger partial charge in [0, 0.05) is 6.07 Å². The Morgan fingerprint density at radius 1 is 1.40 bits per heavy atom.